The Morgan fingerprint density at radius 2 is 0.661 bits per heavy atom. The topological polar surface area (TPSA) is 179 Å². The summed E-state index contributed by atoms with van der Waals surface area (Å²) in [7, 11) is 3.20. The van der Waals surface area contributed by atoms with Gasteiger partial charge in [0.1, 0.15) is 26.4 Å². The third kappa shape index (κ3) is 23.7. The molecule has 0 saturated carbocycles. The van der Waals surface area contributed by atoms with Crippen molar-refractivity contribution < 1.29 is 76.0 Å². The Labute approximate surface area is 335 Å². The molecule has 0 radical (unpaired) electrons. The molecule has 0 aliphatic rings. The van der Waals surface area contributed by atoms with Crippen LogP contribution in [0.25, 0.3) is 0 Å². The molecular weight excluding hydrogens is 736 g/mol. The van der Waals surface area contributed by atoms with Gasteiger partial charge in [-0.25, -0.2) is 0 Å². The van der Waals surface area contributed by atoms with Gasteiger partial charge in [0.05, 0.1) is 101 Å². The zero-order chi connectivity index (χ0) is 42.7. The SMILES string of the molecule is CCC(C)(CC(C)(C)C(=O)OCCOC(C)(C)OCCOC(=O)C(C)(C)CC(C)(C)C(=O)OCCOCCOCCOC)C(=O)OCCOCCOCCOC. The molecule has 330 valence electrons. The number of esters is 4. The fourth-order valence-corrected chi connectivity index (χ4v) is 5.60. The van der Waals surface area contributed by atoms with E-state index in [4.69, 9.17) is 56.8 Å². The molecule has 0 aliphatic heterocycles. The van der Waals surface area contributed by atoms with E-state index in [-0.39, 0.29) is 65.7 Å². The molecule has 0 aromatic carbocycles. The number of methoxy groups -OCH3 is 2. The van der Waals surface area contributed by atoms with Crippen LogP contribution in [-0.2, 0) is 76.0 Å². The van der Waals surface area contributed by atoms with Gasteiger partial charge in [0.15, 0.2) is 5.79 Å². The normalized spacial score (nSPS) is 13.6. The minimum atomic E-state index is -1.07. The van der Waals surface area contributed by atoms with Crippen molar-refractivity contribution >= 4 is 23.9 Å². The molecule has 16 nitrogen and oxygen atoms in total. The Morgan fingerprint density at radius 1 is 0.375 bits per heavy atom. The summed E-state index contributed by atoms with van der Waals surface area (Å²) < 4.78 is 64.7. The van der Waals surface area contributed by atoms with Crippen LogP contribution in [0, 0.1) is 21.7 Å². The van der Waals surface area contributed by atoms with Gasteiger partial charge < -0.3 is 56.8 Å². The van der Waals surface area contributed by atoms with Crippen LogP contribution in [-0.4, -0.2) is 150 Å². The lowest BCUT2D eigenvalue weighted by atomic mass is 9.72. The van der Waals surface area contributed by atoms with Gasteiger partial charge in [-0.3, -0.25) is 19.2 Å². The van der Waals surface area contributed by atoms with Gasteiger partial charge in [-0.05, 0) is 81.6 Å². The van der Waals surface area contributed by atoms with Gasteiger partial charge in [0.25, 0.3) is 0 Å². The van der Waals surface area contributed by atoms with Crippen LogP contribution < -0.4 is 0 Å². The van der Waals surface area contributed by atoms with E-state index in [2.05, 4.69) is 0 Å². The predicted molar refractivity (Wildman–Crippen MR) is 206 cm³/mol. The van der Waals surface area contributed by atoms with E-state index in [1.807, 2.05) is 6.92 Å². The van der Waals surface area contributed by atoms with Crippen molar-refractivity contribution in [1.82, 2.24) is 0 Å². The lowest BCUT2D eigenvalue weighted by Gasteiger charge is -2.33. The summed E-state index contributed by atoms with van der Waals surface area (Å²) in [5.74, 6) is -2.87. The highest BCUT2D eigenvalue weighted by atomic mass is 16.7. The number of carbonyl (C=O) groups is 4. The van der Waals surface area contributed by atoms with E-state index in [9.17, 15) is 19.2 Å². The highest BCUT2D eigenvalue weighted by Crippen LogP contribution is 2.39. The molecule has 1 atom stereocenters. The first-order valence-electron chi connectivity index (χ1n) is 19.5. The summed E-state index contributed by atoms with van der Waals surface area (Å²) >= 11 is 0. The monoisotopic (exact) mass is 810 g/mol. The lowest BCUT2D eigenvalue weighted by molar-refractivity contribution is -0.224. The molecule has 0 saturated heterocycles. The maximum atomic E-state index is 13.0. The first-order valence-corrected chi connectivity index (χ1v) is 19.5. The van der Waals surface area contributed by atoms with Gasteiger partial charge in [-0.1, -0.05) is 6.92 Å². The van der Waals surface area contributed by atoms with Crippen LogP contribution in [0.1, 0.15) is 88.5 Å². The Balaban J connectivity index is 4.52. The molecule has 0 N–H and O–H groups in total. The van der Waals surface area contributed by atoms with Gasteiger partial charge in [-0.2, -0.15) is 0 Å². The van der Waals surface area contributed by atoms with Crippen molar-refractivity contribution in [2.24, 2.45) is 21.7 Å². The highest BCUT2D eigenvalue weighted by molar-refractivity contribution is 5.81. The molecule has 0 amide bonds. The number of hydrogen-bond donors (Lipinski definition) is 0. The quantitative estimate of drug-likeness (QED) is 0.0376. The van der Waals surface area contributed by atoms with Crippen LogP contribution in [0.4, 0.5) is 0 Å². The van der Waals surface area contributed by atoms with Crippen LogP contribution in [0.3, 0.4) is 0 Å². The van der Waals surface area contributed by atoms with Crippen molar-refractivity contribution in [2.75, 3.05) is 120 Å². The van der Waals surface area contributed by atoms with E-state index in [0.717, 1.165) is 0 Å². The summed E-state index contributed by atoms with van der Waals surface area (Å²) in [6.07, 6.45) is 0.883. The molecule has 0 bridgehead atoms. The first kappa shape index (κ1) is 53.6. The second-order valence-electron chi connectivity index (χ2n) is 16.0. The van der Waals surface area contributed by atoms with E-state index in [1.165, 1.54) is 0 Å². The van der Waals surface area contributed by atoms with Crippen molar-refractivity contribution in [1.29, 1.82) is 0 Å². The Kier molecular flexibility index (Phi) is 26.8. The Bertz CT molecular complexity index is 1110. The third-order valence-electron chi connectivity index (χ3n) is 8.71. The van der Waals surface area contributed by atoms with Crippen LogP contribution in [0.2, 0.25) is 0 Å². The summed E-state index contributed by atoms with van der Waals surface area (Å²) in [5.41, 5.74) is -3.82. The smallest absolute Gasteiger partial charge is 0.311 e. The summed E-state index contributed by atoms with van der Waals surface area (Å²) in [6.45, 7) is 21.6. The molecule has 0 heterocycles. The van der Waals surface area contributed by atoms with Gasteiger partial charge in [-0.15, -0.1) is 0 Å². The average molecular weight is 811 g/mol. The summed E-state index contributed by atoms with van der Waals surface area (Å²) in [4.78, 5) is 51.7. The first-order chi connectivity index (χ1) is 26.2. The number of carbonyl (C=O) groups excluding carboxylic acids is 4. The van der Waals surface area contributed by atoms with Crippen molar-refractivity contribution in [3.63, 3.8) is 0 Å². The summed E-state index contributed by atoms with van der Waals surface area (Å²) in [5, 5.41) is 0. The van der Waals surface area contributed by atoms with Gasteiger partial charge in [0, 0.05) is 14.2 Å². The standard InChI is InChI=1S/C40H74O16/c1-13-40(10,35(44)54-25-23-50-21-19-48-17-15-46-12)31-38(6,7)34(43)53-27-29-56-39(8,9)55-28-26-52-33(42)37(4,5)30-36(2,3)32(41)51-24-22-49-20-18-47-16-14-45-11/h13-31H2,1-12H3. The molecule has 0 spiro atoms. The zero-order valence-electron chi connectivity index (χ0n) is 36.5. The molecule has 56 heavy (non-hydrogen) atoms. The predicted octanol–water partition coefficient (Wildman–Crippen LogP) is 4.56. The third-order valence-corrected chi connectivity index (χ3v) is 8.71. The molecule has 1 unspecified atom stereocenters. The molecule has 0 aromatic rings. The Hall–Kier alpha value is -2.44. The van der Waals surface area contributed by atoms with E-state index in [0.29, 0.717) is 59.3 Å². The minimum Gasteiger partial charge on any atom is -0.463 e. The van der Waals surface area contributed by atoms with Crippen molar-refractivity contribution in [2.45, 2.75) is 94.3 Å². The largest absolute Gasteiger partial charge is 0.463 e. The number of rotatable bonds is 35. The Morgan fingerprint density at radius 3 is 1.00 bits per heavy atom. The lowest BCUT2D eigenvalue weighted by Crippen LogP contribution is -2.39. The number of hydrogen-bond acceptors (Lipinski definition) is 16. The molecule has 0 aromatic heterocycles. The van der Waals surface area contributed by atoms with E-state index >= 15 is 0 Å². The molecule has 0 rings (SSSR count). The van der Waals surface area contributed by atoms with Gasteiger partial charge >= 0.3 is 23.9 Å². The fourth-order valence-electron chi connectivity index (χ4n) is 5.60. The zero-order valence-corrected chi connectivity index (χ0v) is 36.5. The van der Waals surface area contributed by atoms with Crippen molar-refractivity contribution in [3.8, 4) is 0 Å². The van der Waals surface area contributed by atoms with Crippen LogP contribution in [0.5, 0.6) is 0 Å². The maximum Gasteiger partial charge on any atom is 0.311 e. The number of ether oxygens (including phenoxy) is 12. The van der Waals surface area contributed by atoms with Crippen LogP contribution >= 0.6 is 0 Å². The van der Waals surface area contributed by atoms with E-state index in [1.54, 1.807) is 76.5 Å². The summed E-state index contributed by atoms with van der Waals surface area (Å²) in [6, 6.07) is 0. The molecule has 0 aliphatic carbocycles. The van der Waals surface area contributed by atoms with E-state index < -0.39 is 51.3 Å². The average Bonchev–Trinajstić information content (AvgIpc) is 3.12. The second-order valence-corrected chi connectivity index (χ2v) is 16.0. The fraction of sp³-hybridized carbons (Fsp3) is 0.900. The molecular formula is C40H74O16. The minimum absolute atomic E-state index is 0.0342. The van der Waals surface area contributed by atoms with Crippen molar-refractivity contribution in [3.05, 3.63) is 0 Å². The van der Waals surface area contributed by atoms with Crippen LogP contribution in [0.15, 0.2) is 0 Å². The van der Waals surface area contributed by atoms with Gasteiger partial charge in [0.2, 0.25) is 0 Å². The second kappa shape index (κ2) is 28.1. The molecule has 16 heteroatoms. The molecule has 0 fully saturated rings. The highest BCUT2D eigenvalue weighted by Gasteiger charge is 2.43. The maximum absolute atomic E-state index is 13.0.